The zero-order valence-corrected chi connectivity index (χ0v) is 11.6. The van der Waals surface area contributed by atoms with Gasteiger partial charge in [0.05, 0.1) is 10.5 Å². The van der Waals surface area contributed by atoms with E-state index in [2.05, 4.69) is 0 Å². The van der Waals surface area contributed by atoms with Gasteiger partial charge in [-0.15, -0.1) is 0 Å². The van der Waals surface area contributed by atoms with Crippen LogP contribution in [0.25, 0.3) is 0 Å². The Bertz CT molecular complexity index is 680. The fourth-order valence-electron chi connectivity index (χ4n) is 2.26. The third kappa shape index (κ3) is 2.69. The number of anilines is 2. The largest absolute Gasteiger partial charge is 0.478 e. The van der Waals surface area contributed by atoms with Gasteiger partial charge in [0.2, 0.25) is 0 Å². The monoisotopic (exact) mass is 286 g/mol. The summed E-state index contributed by atoms with van der Waals surface area (Å²) in [5, 5.41) is 20.5. The van der Waals surface area contributed by atoms with E-state index in [1.807, 2.05) is 19.1 Å². The summed E-state index contributed by atoms with van der Waals surface area (Å²) in [6.07, 6.45) is 0. The van der Waals surface area contributed by atoms with Crippen LogP contribution < -0.4 is 4.90 Å². The lowest BCUT2D eigenvalue weighted by molar-refractivity contribution is -0.384. The van der Waals surface area contributed by atoms with Gasteiger partial charge in [-0.1, -0.05) is 24.3 Å². The topological polar surface area (TPSA) is 83.7 Å². The second-order valence-electron chi connectivity index (χ2n) is 4.58. The summed E-state index contributed by atoms with van der Waals surface area (Å²) < 4.78 is 0. The lowest BCUT2D eigenvalue weighted by Crippen LogP contribution is -2.16. The van der Waals surface area contributed by atoms with Gasteiger partial charge in [0.15, 0.2) is 0 Å². The quantitative estimate of drug-likeness (QED) is 0.688. The summed E-state index contributed by atoms with van der Waals surface area (Å²) in [7, 11) is 1.62. The van der Waals surface area contributed by atoms with E-state index in [1.165, 1.54) is 23.1 Å². The van der Waals surface area contributed by atoms with Gasteiger partial charge in [-0.3, -0.25) is 10.1 Å². The van der Waals surface area contributed by atoms with Gasteiger partial charge >= 0.3 is 5.97 Å². The van der Waals surface area contributed by atoms with Gasteiger partial charge < -0.3 is 10.0 Å². The van der Waals surface area contributed by atoms with Crippen LogP contribution in [0.4, 0.5) is 17.1 Å². The summed E-state index contributed by atoms with van der Waals surface area (Å²) in [5.74, 6) is -1.20. The first kappa shape index (κ1) is 14.5. The average Bonchev–Trinajstić information content (AvgIpc) is 2.46. The lowest BCUT2D eigenvalue weighted by Gasteiger charge is -2.22. The van der Waals surface area contributed by atoms with Crippen LogP contribution in [-0.4, -0.2) is 23.0 Å². The van der Waals surface area contributed by atoms with E-state index >= 15 is 0 Å². The predicted octanol–water partition coefficient (Wildman–Crippen LogP) is 3.37. The van der Waals surface area contributed by atoms with E-state index < -0.39 is 10.9 Å². The molecule has 0 unspecified atom stereocenters. The van der Waals surface area contributed by atoms with Crippen LogP contribution in [0.3, 0.4) is 0 Å². The van der Waals surface area contributed by atoms with E-state index in [9.17, 15) is 20.0 Å². The maximum atomic E-state index is 11.4. The number of aromatic carboxylic acids is 1. The number of hydrogen-bond donors (Lipinski definition) is 1. The number of nitrogens with zero attached hydrogens (tertiary/aromatic N) is 2. The Kier molecular flexibility index (Phi) is 3.89. The first-order valence-corrected chi connectivity index (χ1v) is 6.23. The minimum absolute atomic E-state index is 0.0734. The Hall–Kier alpha value is -2.89. The van der Waals surface area contributed by atoms with Gasteiger partial charge in [-0.05, 0) is 24.6 Å². The highest BCUT2D eigenvalue weighted by atomic mass is 16.6. The number of nitro groups is 1. The minimum Gasteiger partial charge on any atom is -0.478 e. The molecule has 0 aromatic heterocycles. The zero-order valence-electron chi connectivity index (χ0n) is 11.6. The van der Waals surface area contributed by atoms with Crippen LogP contribution in [0.15, 0.2) is 42.5 Å². The van der Waals surface area contributed by atoms with Crippen molar-refractivity contribution in [2.45, 2.75) is 6.92 Å². The highest BCUT2D eigenvalue weighted by Crippen LogP contribution is 2.36. The molecule has 2 aromatic carbocycles. The summed E-state index contributed by atoms with van der Waals surface area (Å²) >= 11 is 0. The number of benzene rings is 2. The van der Waals surface area contributed by atoms with Crippen LogP contribution in [0, 0.1) is 17.0 Å². The number of carboxylic acid groups (broad SMARTS) is 1. The smallest absolute Gasteiger partial charge is 0.338 e. The Balaban J connectivity index is 2.69. The summed E-state index contributed by atoms with van der Waals surface area (Å²) in [6, 6.07) is 11.3. The minimum atomic E-state index is -1.20. The van der Waals surface area contributed by atoms with Gasteiger partial charge in [-0.25, -0.2) is 4.79 Å². The van der Waals surface area contributed by atoms with Crippen molar-refractivity contribution in [3.63, 3.8) is 0 Å². The molecule has 0 atom stereocenters. The Morgan fingerprint density at radius 1 is 1.19 bits per heavy atom. The second-order valence-corrected chi connectivity index (χ2v) is 4.58. The zero-order chi connectivity index (χ0) is 15.6. The van der Waals surface area contributed by atoms with Gasteiger partial charge in [0.1, 0.15) is 5.69 Å². The second kappa shape index (κ2) is 5.62. The predicted molar refractivity (Wildman–Crippen MR) is 79.3 cm³/mol. The molecule has 0 radical (unpaired) electrons. The Morgan fingerprint density at radius 2 is 1.86 bits per heavy atom. The van der Waals surface area contributed by atoms with Crippen molar-refractivity contribution >= 4 is 23.0 Å². The molecule has 0 saturated carbocycles. The van der Waals surface area contributed by atoms with E-state index in [-0.39, 0.29) is 16.9 Å². The van der Waals surface area contributed by atoms with Crippen LogP contribution in [-0.2, 0) is 0 Å². The van der Waals surface area contributed by atoms with Gasteiger partial charge in [0, 0.05) is 18.8 Å². The maximum Gasteiger partial charge on any atom is 0.338 e. The first-order valence-electron chi connectivity index (χ1n) is 6.23. The number of carboxylic acids is 1. The molecule has 0 aliphatic carbocycles. The van der Waals surface area contributed by atoms with Crippen molar-refractivity contribution in [3.8, 4) is 0 Å². The van der Waals surface area contributed by atoms with Crippen LogP contribution >= 0.6 is 0 Å². The van der Waals surface area contributed by atoms with Crippen LogP contribution in [0.5, 0.6) is 0 Å². The van der Waals surface area contributed by atoms with Crippen LogP contribution in [0.2, 0.25) is 0 Å². The molecule has 0 saturated heterocycles. The van der Waals surface area contributed by atoms with E-state index in [0.717, 1.165) is 5.56 Å². The molecule has 0 heterocycles. The van der Waals surface area contributed by atoms with E-state index in [1.54, 1.807) is 19.2 Å². The standard InChI is InChI=1S/C15H14N2O4/c1-10-6-3-4-8-12(10)16(2)14-11(15(18)19)7-5-9-13(14)17(20)21/h3-9H,1-2H3,(H,18,19). The number of aryl methyl sites for hydroxylation is 1. The third-order valence-corrected chi connectivity index (χ3v) is 3.25. The molecule has 2 aromatic rings. The fraction of sp³-hybridized carbons (Fsp3) is 0.133. The molecular weight excluding hydrogens is 272 g/mol. The molecule has 108 valence electrons. The molecule has 0 spiro atoms. The fourth-order valence-corrected chi connectivity index (χ4v) is 2.26. The molecule has 6 heteroatoms. The number of hydrogen-bond acceptors (Lipinski definition) is 4. The van der Waals surface area contributed by atoms with Gasteiger partial charge in [-0.2, -0.15) is 0 Å². The molecule has 21 heavy (non-hydrogen) atoms. The SMILES string of the molecule is Cc1ccccc1N(C)c1c(C(=O)O)cccc1[N+](=O)[O-]. The molecule has 6 nitrogen and oxygen atoms in total. The number of nitro benzene ring substituents is 1. The average molecular weight is 286 g/mol. The Morgan fingerprint density at radius 3 is 2.43 bits per heavy atom. The summed E-state index contributed by atoms with van der Waals surface area (Å²) in [6.45, 7) is 1.86. The number of para-hydroxylation sites is 2. The van der Waals surface area contributed by atoms with Crippen molar-refractivity contribution in [2.24, 2.45) is 0 Å². The van der Waals surface area contributed by atoms with Crippen molar-refractivity contribution in [1.82, 2.24) is 0 Å². The number of rotatable bonds is 4. The Labute approximate surface area is 121 Å². The van der Waals surface area contributed by atoms with E-state index in [4.69, 9.17) is 0 Å². The van der Waals surface area contributed by atoms with Crippen LogP contribution in [0.1, 0.15) is 15.9 Å². The molecule has 0 fully saturated rings. The van der Waals surface area contributed by atoms with E-state index in [0.29, 0.717) is 5.69 Å². The normalized spacial score (nSPS) is 10.2. The summed E-state index contributed by atoms with van der Waals surface area (Å²) in [4.78, 5) is 23.5. The van der Waals surface area contributed by atoms with Crippen molar-refractivity contribution in [1.29, 1.82) is 0 Å². The molecule has 0 aliphatic rings. The molecule has 0 aliphatic heterocycles. The third-order valence-electron chi connectivity index (χ3n) is 3.25. The lowest BCUT2D eigenvalue weighted by atomic mass is 10.1. The van der Waals surface area contributed by atoms with Crippen molar-refractivity contribution in [3.05, 3.63) is 63.7 Å². The summed E-state index contributed by atoms with van der Waals surface area (Å²) in [5.41, 5.74) is 1.35. The van der Waals surface area contributed by atoms with Crippen molar-refractivity contribution in [2.75, 3.05) is 11.9 Å². The molecule has 1 N–H and O–H groups in total. The molecular formula is C15H14N2O4. The highest BCUT2D eigenvalue weighted by molar-refractivity contribution is 5.98. The first-order chi connectivity index (χ1) is 9.93. The molecule has 0 bridgehead atoms. The van der Waals surface area contributed by atoms with Crippen molar-refractivity contribution < 1.29 is 14.8 Å². The molecule has 0 amide bonds. The maximum absolute atomic E-state index is 11.4. The van der Waals surface area contributed by atoms with Gasteiger partial charge in [0.25, 0.3) is 5.69 Å². The molecule has 2 rings (SSSR count). The highest BCUT2D eigenvalue weighted by Gasteiger charge is 2.25. The number of carbonyl (C=O) groups is 1.